The molecule has 7 heteroatoms. The van der Waals surface area contributed by atoms with Gasteiger partial charge in [0.15, 0.2) is 17.6 Å². The third kappa shape index (κ3) is 1.99. The lowest BCUT2D eigenvalue weighted by atomic mass is 9.86. The summed E-state index contributed by atoms with van der Waals surface area (Å²) in [6.45, 7) is 0. The molecular weight excluding hydrogens is 280 g/mol. The van der Waals surface area contributed by atoms with Crippen molar-refractivity contribution in [3.05, 3.63) is 47.4 Å². The van der Waals surface area contributed by atoms with Crippen LogP contribution in [0.5, 0.6) is 11.5 Å². The maximum absolute atomic E-state index is 12.0. The zero-order chi connectivity index (χ0) is 15.1. The average Bonchev–Trinajstić information content (AvgIpc) is 2.94. The second-order valence-corrected chi connectivity index (χ2v) is 4.59. The van der Waals surface area contributed by atoms with Gasteiger partial charge in [0.2, 0.25) is 0 Å². The Kier molecular flexibility index (Phi) is 2.83. The SMILES string of the molecule is O=C1O[C@H](c2ccco2)[C@@H](C(=O)O)c2cc(O)c(O)cc21. The molecule has 0 bridgehead atoms. The molecule has 0 radical (unpaired) electrons. The first kappa shape index (κ1) is 13.0. The van der Waals surface area contributed by atoms with E-state index in [2.05, 4.69) is 0 Å². The summed E-state index contributed by atoms with van der Waals surface area (Å²) in [5.41, 5.74) is -0.0315. The summed E-state index contributed by atoms with van der Waals surface area (Å²) < 4.78 is 10.2. The summed E-state index contributed by atoms with van der Waals surface area (Å²) in [7, 11) is 0. The lowest BCUT2D eigenvalue weighted by Crippen LogP contribution is -2.30. The number of cyclic esters (lactones) is 1. The third-order valence-electron chi connectivity index (χ3n) is 3.33. The highest BCUT2D eigenvalue weighted by Gasteiger charge is 2.43. The van der Waals surface area contributed by atoms with Gasteiger partial charge < -0.3 is 24.5 Å². The second-order valence-electron chi connectivity index (χ2n) is 4.59. The van der Waals surface area contributed by atoms with Gasteiger partial charge in [0, 0.05) is 0 Å². The predicted molar refractivity (Wildman–Crippen MR) is 67.0 cm³/mol. The quantitative estimate of drug-likeness (QED) is 0.570. The van der Waals surface area contributed by atoms with Crippen LogP contribution in [0.15, 0.2) is 34.9 Å². The number of phenols is 2. The highest BCUT2D eigenvalue weighted by Crippen LogP contribution is 2.44. The van der Waals surface area contributed by atoms with Crippen molar-refractivity contribution in [2.24, 2.45) is 0 Å². The average molecular weight is 290 g/mol. The molecular formula is C14H10O7. The van der Waals surface area contributed by atoms with Crippen molar-refractivity contribution in [2.75, 3.05) is 0 Å². The normalized spacial score (nSPS) is 20.7. The first-order valence-electron chi connectivity index (χ1n) is 6.02. The van der Waals surface area contributed by atoms with Crippen molar-refractivity contribution in [1.82, 2.24) is 0 Å². The molecule has 2 heterocycles. The number of fused-ring (bicyclic) bond motifs is 1. The summed E-state index contributed by atoms with van der Waals surface area (Å²) in [4.78, 5) is 23.5. The Morgan fingerprint density at radius 1 is 1.19 bits per heavy atom. The van der Waals surface area contributed by atoms with Gasteiger partial charge in [-0.3, -0.25) is 4.79 Å². The van der Waals surface area contributed by atoms with E-state index in [-0.39, 0.29) is 16.9 Å². The van der Waals surface area contributed by atoms with Gasteiger partial charge in [-0.15, -0.1) is 0 Å². The Labute approximate surface area is 118 Å². The van der Waals surface area contributed by atoms with E-state index in [1.165, 1.54) is 12.3 Å². The molecule has 2 atom stereocenters. The minimum atomic E-state index is -1.24. The van der Waals surface area contributed by atoms with E-state index < -0.39 is 35.5 Å². The fraction of sp³-hybridized carbons (Fsp3) is 0.143. The molecule has 2 aromatic rings. The van der Waals surface area contributed by atoms with Gasteiger partial charge in [0.1, 0.15) is 11.7 Å². The van der Waals surface area contributed by atoms with Gasteiger partial charge >= 0.3 is 11.9 Å². The smallest absolute Gasteiger partial charge is 0.339 e. The molecule has 3 N–H and O–H groups in total. The molecule has 3 rings (SSSR count). The molecule has 0 aliphatic carbocycles. The molecule has 7 nitrogen and oxygen atoms in total. The van der Waals surface area contributed by atoms with E-state index in [1.54, 1.807) is 6.07 Å². The number of aromatic hydroxyl groups is 2. The van der Waals surface area contributed by atoms with Crippen molar-refractivity contribution >= 4 is 11.9 Å². The topological polar surface area (TPSA) is 117 Å². The van der Waals surface area contributed by atoms with Gasteiger partial charge in [-0.1, -0.05) is 0 Å². The maximum atomic E-state index is 12.0. The van der Waals surface area contributed by atoms with Crippen molar-refractivity contribution in [2.45, 2.75) is 12.0 Å². The number of aliphatic carboxylic acids is 1. The lowest BCUT2D eigenvalue weighted by molar-refractivity contribution is -0.142. The highest BCUT2D eigenvalue weighted by atomic mass is 16.6. The summed E-state index contributed by atoms with van der Waals surface area (Å²) in [5.74, 6) is -4.11. The first-order chi connectivity index (χ1) is 9.99. The van der Waals surface area contributed by atoms with Crippen LogP contribution >= 0.6 is 0 Å². The number of hydrogen-bond donors (Lipinski definition) is 3. The molecule has 0 amide bonds. The number of phenolic OH excluding ortho intramolecular Hbond substituents is 2. The van der Waals surface area contributed by atoms with Gasteiger partial charge in [-0.25, -0.2) is 4.79 Å². The molecule has 1 aliphatic heterocycles. The Bertz CT molecular complexity index is 717. The number of benzene rings is 1. The van der Waals surface area contributed by atoms with Crippen LogP contribution in [-0.2, 0) is 9.53 Å². The zero-order valence-corrected chi connectivity index (χ0v) is 10.5. The number of ether oxygens (including phenoxy) is 1. The van der Waals surface area contributed by atoms with E-state index >= 15 is 0 Å². The van der Waals surface area contributed by atoms with E-state index in [9.17, 15) is 24.9 Å². The van der Waals surface area contributed by atoms with E-state index in [0.717, 1.165) is 12.1 Å². The number of carbonyl (C=O) groups excluding carboxylic acids is 1. The van der Waals surface area contributed by atoms with Crippen LogP contribution < -0.4 is 0 Å². The number of carboxylic acids is 1. The number of rotatable bonds is 2. The van der Waals surface area contributed by atoms with Crippen LogP contribution in [0.1, 0.15) is 33.7 Å². The van der Waals surface area contributed by atoms with Crippen molar-refractivity contribution < 1.29 is 34.1 Å². The highest BCUT2D eigenvalue weighted by molar-refractivity contribution is 5.96. The molecule has 0 saturated carbocycles. The zero-order valence-electron chi connectivity index (χ0n) is 10.5. The summed E-state index contributed by atoms with van der Waals surface area (Å²) >= 11 is 0. The summed E-state index contributed by atoms with van der Waals surface area (Å²) in [6, 6.07) is 5.09. The van der Waals surface area contributed by atoms with Gasteiger partial charge in [-0.05, 0) is 29.8 Å². The third-order valence-corrected chi connectivity index (χ3v) is 3.33. The van der Waals surface area contributed by atoms with Crippen molar-refractivity contribution in [1.29, 1.82) is 0 Å². The summed E-state index contributed by atoms with van der Waals surface area (Å²) in [6.07, 6.45) is 0.202. The molecule has 0 saturated heterocycles. The Morgan fingerprint density at radius 2 is 1.90 bits per heavy atom. The Balaban J connectivity index is 2.19. The van der Waals surface area contributed by atoms with E-state index in [1.807, 2.05) is 0 Å². The second kappa shape index (κ2) is 4.55. The molecule has 1 aliphatic rings. The Morgan fingerprint density at radius 3 is 2.52 bits per heavy atom. The molecule has 0 spiro atoms. The van der Waals surface area contributed by atoms with Crippen molar-refractivity contribution in [3.8, 4) is 11.5 Å². The van der Waals surface area contributed by atoms with Crippen LogP contribution in [0.2, 0.25) is 0 Å². The van der Waals surface area contributed by atoms with E-state index in [0.29, 0.717) is 0 Å². The monoisotopic (exact) mass is 290 g/mol. The standard InChI is InChI=1S/C14H10O7/c15-8-4-6-7(5-9(8)16)14(19)21-12(11(6)13(17)18)10-2-1-3-20-10/h1-5,11-12,15-16H,(H,17,18)/t11-,12+/m0/s1. The molecule has 1 aromatic carbocycles. The fourth-order valence-electron chi connectivity index (χ4n) is 2.38. The maximum Gasteiger partial charge on any atom is 0.339 e. The predicted octanol–water partition coefficient (Wildman–Crippen LogP) is 1.77. The van der Waals surface area contributed by atoms with Crippen LogP contribution in [-0.4, -0.2) is 27.3 Å². The van der Waals surface area contributed by atoms with E-state index in [4.69, 9.17) is 9.15 Å². The lowest BCUT2D eigenvalue weighted by Gasteiger charge is -2.29. The molecule has 108 valence electrons. The van der Waals surface area contributed by atoms with Crippen LogP contribution in [0.4, 0.5) is 0 Å². The molecule has 21 heavy (non-hydrogen) atoms. The number of hydrogen-bond acceptors (Lipinski definition) is 6. The number of furan rings is 1. The van der Waals surface area contributed by atoms with Crippen LogP contribution in [0.25, 0.3) is 0 Å². The molecule has 0 fully saturated rings. The van der Waals surface area contributed by atoms with Gasteiger partial charge in [-0.2, -0.15) is 0 Å². The number of carbonyl (C=O) groups is 2. The number of carboxylic acid groups (broad SMARTS) is 1. The van der Waals surface area contributed by atoms with Crippen molar-refractivity contribution in [3.63, 3.8) is 0 Å². The first-order valence-corrected chi connectivity index (χ1v) is 6.02. The minimum absolute atomic E-state index is 0.0652. The number of esters is 1. The minimum Gasteiger partial charge on any atom is -0.504 e. The largest absolute Gasteiger partial charge is 0.504 e. The summed E-state index contributed by atoms with van der Waals surface area (Å²) in [5, 5.41) is 28.4. The van der Waals surface area contributed by atoms with Gasteiger partial charge in [0.25, 0.3) is 0 Å². The molecule has 0 unspecified atom stereocenters. The molecule has 1 aromatic heterocycles. The van der Waals surface area contributed by atoms with Crippen LogP contribution in [0, 0.1) is 0 Å². The fourth-order valence-corrected chi connectivity index (χ4v) is 2.38. The van der Waals surface area contributed by atoms with Gasteiger partial charge in [0.05, 0.1) is 11.8 Å². The Hall–Kier alpha value is -2.96. The van der Waals surface area contributed by atoms with Crippen LogP contribution in [0.3, 0.4) is 0 Å².